The number of pyridine rings is 1. The molecule has 0 bridgehead atoms. The largest absolute Gasteiger partial charge is 0.381 e. The van der Waals surface area contributed by atoms with E-state index in [1.165, 1.54) is 0 Å². The first-order valence-corrected chi connectivity index (χ1v) is 10.3. The molecule has 0 amide bonds. The molecule has 0 spiro atoms. The molecule has 2 aliphatic heterocycles. The van der Waals surface area contributed by atoms with Crippen molar-refractivity contribution in [2.24, 2.45) is 5.92 Å². The van der Waals surface area contributed by atoms with Crippen LogP contribution in [0.1, 0.15) is 37.5 Å². The molecule has 0 aliphatic carbocycles. The summed E-state index contributed by atoms with van der Waals surface area (Å²) in [6, 6.07) is 4.46. The van der Waals surface area contributed by atoms with Gasteiger partial charge in [0.05, 0.1) is 17.4 Å². The van der Waals surface area contributed by atoms with E-state index >= 15 is 0 Å². The Morgan fingerprint density at radius 2 is 1.76 bits per heavy atom. The van der Waals surface area contributed by atoms with E-state index in [-0.39, 0.29) is 0 Å². The van der Waals surface area contributed by atoms with Gasteiger partial charge >= 0.3 is 0 Å². The van der Waals surface area contributed by atoms with Crippen LogP contribution in [0.2, 0.25) is 0 Å². The minimum Gasteiger partial charge on any atom is -0.381 e. The second-order valence-electron chi connectivity index (χ2n) is 7.61. The summed E-state index contributed by atoms with van der Waals surface area (Å²) in [6.07, 6.45) is 11.8. The SMILES string of the molecule is C(#CC1CCOCC1)c1nccc(-c2cn(C3CCOCC3)c3cnccc23)n1. The molecule has 0 aromatic carbocycles. The third kappa shape index (κ3) is 3.89. The highest BCUT2D eigenvalue weighted by molar-refractivity contribution is 5.94. The molecule has 5 rings (SSSR count). The van der Waals surface area contributed by atoms with Crippen LogP contribution in [-0.4, -0.2) is 45.9 Å². The van der Waals surface area contributed by atoms with Crippen molar-refractivity contribution >= 4 is 10.9 Å². The van der Waals surface area contributed by atoms with Crippen LogP contribution in [0.25, 0.3) is 22.2 Å². The number of hydrogen-bond acceptors (Lipinski definition) is 5. The fourth-order valence-electron chi connectivity index (χ4n) is 4.14. The third-order valence-electron chi connectivity index (χ3n) is 5.76. The Balaban J connectivity index is 1.50. The number of aromatic nitrogens is 4. The quantitative estimate of drug-likeness (QED) is 0.628. The van der Waals surface area contributed by atoms with Gasteiger partial charge in [-0.1, -0.05) is 5.92 Å². The number of ether oxygens (including phenoxy) is 2. The van der Waals surface area contributed by atoms with Crippen molar-refractivity contribution in [2.45, 2.75) is 31.7 Å². The minimum atomic E-state index is 0.373. The van der Waals surface area contributed by atoms with Crippen LogP contribution in [0.5, 0.6) is 0 Å². The van der Waals surface area contributed by atoms with Crippen molar-refractivity contribution in [3.63, 3.8) is 0 Å². The van der Waals surface area contributed by atoms with Gasteiger partial charge in [0.2, 0.25) is 5.82 Å². The van der Waals surface area contributed by atoms with Gasteiger partial charge in [-0.3, -0.25) is 4.98 Å². The van der Waals surface area contributed by atoms with Crippen molar-refractivity contribution < 1.29 is 9.47 Å². The fraction of sp³-hybridized carbons (Fsp3) is 0.435. The van der Waals surface area contributed by atoms with E-state index in [2.05, 4.69) is 38.6 Å². The van der Waals surface area contributed by atoms with E-state index in [1.54, 1.807) is 6.20 Å². The zero-order valence-corrected chi connectivity index (χ0v) is 16.4. The van der Waals surface area contributed by atoms with E-state index in [4.69, 9.17) is 14.5 Å². The predicted molar refractivity (Wildman–Crippen MR) is 110 cm³/mol. The fourth-order valence-corrected chi connectivity index (χ4v) is 4.14. The molecule has 0 unspecified atom stereocenters. The maximum Gasteiger partial charge on any atom is 0.205 e. The van der Waals surface area contributed by atoms with Crippen molar-refractivity contribution in [3.8, 4) is 23.1 Å². The lowest BCUT2D eigenvalue weighted by Gasteiger charge is -2.24. The first-order valence-electron chi connectivity index (χ1n) is 10.3. The van der Waals surface area contributed by atoms with Crippen molar-refractivity contribution in [1.82, 2.24) is 19.5 Å². The Hall–Kier alpha value is -2.75. The number of rotatable bonds is 2. The molecule has 3 aromatic rings. The van der Waals surface area contributed by atoms with Crippen LogP contribution >= 0.6 is 0 Å². The summed E-state index contributed by atoms with van der Waals surface area (Å²) in [4.78, 5) is 13.5. The molecule has 29 heavy (non-hydrogen) atoms. The third-order valence-corrected chi connectivity index (χ3v) is 5.76. The lowest BCUT2D eigenvalue weighted by Crippen LogP contribution is -2.18. The van der Waals surface area contributed by atoms with Crippen molar-refractivity contribution in [1.29, 1.82) is 0 Å². The molecule has 0 saturated carbocycles. The highest BCUT2D eigenvalue weighted by atomic mass is 16.5. The number of nitrogens with zero attached hydrogens (tertiary/aromatic N) is 4. The molecule has 0 radical (unpaired) electrons. The van der Waals surface area contributed by atoms with Gasteiger partial charge in [0.25, 0.3) is 0 Å². The molecule has 3 aromatic heterocycles. The zero-order chi connectivity index (χ0) is 19.5. The van der Waals surface area contributed by atoms with Crippen LogP contribution in [0.15, 0.2) is 36.9 Å². The molecule has 0 N–H and O–H groups in total. The Morgan fingerprint density at radius 1 is 0.966 bits per heavy atom. The standard InChI is InChI=1S/C23H24N4O2/c1(17-5-11-28-12-6-17)2-23-25-10-4-21(26-23)20-16-27(18-7-13-29-14-8-18)22-15-24-9-3-19(20)22/h3-4,9-10,15-18H,5-8,11-14H2. The Kier molecular flexibility index (Phi) is 5.25. The van der Waals surface area contributed by atoms with Crippen LogP contribution in [0.4, 0.5) is 0 Å². The molecule has 148 valence electrons. The molecule has 5 heterocycles. The van der Waals surface area contributed by atoms with Crippen molar-refractivity contribution in [2.75, 3.05) is 26.4 Å². The van der Waals surface area contributed by atoms with Gasteiger partial charge in [-0.2, -0.15) is 0 Å². The summed E-state index contributed by atoms with van der Waals surface area (Å²) < 4.78 is 13.3. The molecule has 2 fully saturated rings. The molecule has 6 heteroatoms. The summed E-state index contributed by atoms with van der Waals surface area (Å²) in [5.74, 6) is 7.46. The summed E-state index contributed by atoms with van der Waals surface area (Å²) in [5.41, 5.74) is 3.14. The maximum absolute atomic E-state index is 5.54. The van der Waals surface area contributed by atoms with E-state index in [1.807, 2.05) is 18.5 Å². The van der Waals surface area contributed by atoms with Gasteiger partial charge in [0, 0.05) is 67.9 Å². The Labute approximate surface area is 170 Å². The lowest BCUT2D eigenvalue weighted by molar-refractivity contribution is 0.0707. The average molecular weight is 388 g/mol. The molecular formula is C23H24N4O2. The Morgan fingerprint density at radius 3 is 2.59 bits per heavy atom. The average Bonchev–Trinajstić information content (AvgIpc) is 3.19. The van der Waals surface area contributed by atoms with E-state index in [0.717, 1.165) is 74.3 Å². The maximum atomic E-state index is 5.54. The topological polar surface area (TPSA) is 62.1 Å². The van der Waals surface area contributed by atoms with Gasteiger partial charge in [-0.05, 0) is 43.7 Å². The Bertz CT molecular complexity index is 1050. The molecule has 0 atom stereocenters. The highest BCUT2D eigenvalue weighted by Crippen LogP contribution is 2.33. The van der Waals surface area contributed by atoms with Gasteiger partial charge in [0.15, 0.2) is 0 Å². The van der Waals surface area contributed by atoms with Crippen LogP contribution in [0, 0.1) is 17.8 Å². The van der Waals surface area contributed by atoms with Gasteiger partial charge in [0.1, 0.15) is 0 Å². The molecular weight excluding hydrogens is 364 g/mol. The van der Waals surface area contributed by atoms with E-state index < -0.39 is 0 Å². The van der Waals surface area contributed by atoms with Gasteiger partial charge in [-0.15, -0.1) is 0 Å². The monoisotopic (exact) mass is 388 g/mol. The van der Waals surface area contributed by atoms with Gasteiger partial charge in [-0.25, -0.2) is 9.97 Å². The number of fused-ring (bicyclic) bond motifs is 1. The minimum absolute atomic E-state index is 0.373. The second kappa shape index (κ2) is 8.32. The summed E-state index contributed by atoms with van der Waals surface area (Å²) >= 11 is 0. The predicted octanol–water partition coefficient (Wildman–Crippen LogP) is 3.62. The first kappa shape index (κ1) is 18.3. The molecule has 2 saturated heterocycles. The second-order valence-corrected chi connectivity index (χ2v) is 7.61. The van der Waals surface area contributed by atoms with Crippen LogP contribution in [0.3, 0.4) is 0 Å². The van der Waals surface area contributed by atoms with E-state index in [9.17, 15) is 0 Å². The molecule has 2 aliphatic rings. The molecule has 6 nitrogen and oxygen atoms in total. The highest BCUT2D eigenvalue weighted by Gasteiger charge is 2.20. The smallest absolute Gasteiger partial charge is 0.205 e. The van der Waals surface area contributed by atoms with Crippen LogP contribution < -0.4 is 0 Å². The normalized spacial score (nSPS) is 18.5. The summed E-state index contributed by atoms with van der Waals surface area (Å²) in [7, 11) is 0. The number of hydrogen-bond donors (Lipinski definition) is 0. The van der Waals surface area contributed by atoms with Crippen molar-refractivity contribution in [3.05, 3.63) is 42.7 Å². The van der Waals surface area contributed by atoms with Gasteiger partial charge < -0.3 is 14.0 Å². The van der Waals surface area contributed by atoms with Crippen LogP contribution in [-0.2, 0) is 9.47 Å². The van der Waals surface area contributed by atoms with E-state index in [0.29, 0.717) is 17.8 Å². The summed E-state index contributed by atoms with van der Waals surface area (Å²) in [5, 5.41) is 1.16. The summed E-state index contributed by atoms with van der Waals surface area (Å²) in [6.45, 7) is 3.19. The lowest BCUT2D eigenvalue weighted by atomic mass is 10.0. The zero-order valence-electron chi connectivity index (χ0n) is 16.4. The first-order chi connectivity index (χ1) is 14.4.